The third-order valence-corrected chi connectivity index (χ3v) is 6.00. The normalized spacial score (nSPS) is 16.9. The van der Waals surface area contributed by atoms with E-state index in [1.807, 2.05) is 30.3 Å². The van der Waals surface area contributed by atoms with E-state index < -0.39 is 45.8 Å². The number of ether oxygens (including phenoxy) is 2. The van der Waals surface area contributed by atoms with Gasteiger partial charge in [0, 0.05) is 20.0 Å². The molecule has 0 fully saturated rings. The molecule has 14 nitrogen and oxygen atoms in total. The summed E-state index contributed by atoms with van der Waals surface area (Å²) in [5.41, 5.74) is 4.87. The number of amides is 4. The quantitative estimate of drug-likeness (QED) is 0.0762. The number of carbonyl (C=O) groups excluding carboxylic acids is 4. The molecule has 4 amide bonds. The maximum Gasteiger partial charge on any atom is 0.427 e. The first-order valence-corrected chi connectivity index (χ1v) is 13.9. The summed E-state index contributed by atoms with van der Waals surface area (Å²) in [7, 11) is 0. The highest BCUT2D eigenvalue weighted by molar-refractivity contribution is 6.33. The first-order valence-electron chi connectivity index (χ1n) is 13.6. The van der Waals surface area contributed by atoms with E-state index >= 15 is 0 Å². The third-order valence-electron chi connectivity index (χ3n) is 5.63. The van der Waals surface area contributed by atoms with Crippen LogP contribution in [-0.4, -0.2) is 83.1 Å². The summed E-state index contributed by atoms with van der Waals surface area (Å²) in [6.45, 7) is 11.1. The van der Waals surface area contributed by atoms with Crippen LogP contribution in [0.2, 0.25) is 0 Å². The molecule has 0 saturated heterocycles. The molecule has 15 heteroatoms. The number of nitrogens with zero attached hydrogens (tertiary/aromatic N) is 3. The van der Waals surface area contributed by atoms with E-state index in [9.17, 15) is 19.2 Å². The van der Waals surface area contributed by atoms with Gasteiger partial charge < -0.3 is 14.8 Å². The number of rotatable bonds is 10. The predicted octanol–water partition coefficient (Wildman–Crippen LogP) is 3.33. The van der Waals surface area contributed by atoms with Crippen LogP contribution in [0.1, 0.15) is 54.0 Å². The zero-order valence-electron chi connectivity index (χ0n) is 25.6. The van der Waals surface area contributed by atoms with Gasteiger partial charge in [-0.15, -0.1) is 9.49 Å². The molecule has 1 heterocycles. The highest BCUT2D eigenvalue weighted by Crippen LogP contribution is 2.25. The van der Waals surface area contributed by atoms with E-state index in [0.717, 1.165) is 11.8 Å². The highest BCUT2D eigenvalue weighted by atomic mass is 35.5. The van der Waals surface area contributed by atoms with Crippen LogP contribution < -0.4 is 16.2 Å². The van der Waals surface area contributed by atoms with Gasteiger partial charge in [0.05, 0.1) is 6.61 Å². The van der Waals surface area contributed by atoms with Gasteiger partial charge in [-0.1, -0.05) is 41.9 Å². The van der Waals surface area contributed by atoms with Crippen molar-refractivity contribution < 1.29 is 38.1 Å². The Kier molecular flexibility index (Phi) is 12.4. The van der Waals surface area contributed by atoms with Crippen molar-refractivity contribution >= 4 is 47.8 Å². The molecule has 0 spiro atoms. The molecule has 1 aliphatic heterocycles. The van der Waals surface area contributed by atoms with Gasteiger partial charge in [0.15, 0.2) is 17.4 Å². The lowest BCUT2D eigenvalue weighted by Crippen LogP contribution is -2.65. The fourth-order valence-electron chi connectivity index (χ4n) is 3.66. The fourth-order valence-corrected chi connectivity index (χ4v) is 3.85. The van der Waals surface area contributed by atoms with Crippen LogP contribution in [0.4, 0.5) is 9.59 Å². The van der Waals surface area contributed by atoms with Crippen LogP contribution in [0.15, 0.2) is 46.2 Å². The van der Waals surface area contributed by atoms with Gasteiger partial charge in [-0.3, -0.25) is 15.0 Å². The Bertz CT molecular complexity index is 1230. The molecular formula is C28H41ClN7O7+. The van der Waals surface area contributed by atoms with Gasteiger partial charge in [-0.05, 0) is 53.5 Å². The van der Waals surface area contributed by atoms with Crippen molar-refractivity contribution in [2.24, 2.45) is 4.99 Å². The topological polar surface area (TPSA) is 172 Å². The Hall–Kier alpha value is -3.85. The Morgan fingerprint density at radius 1 is 1.00 bits per heavy atom. The molecule has 1 unspecified atom stereocenters. The van der Waals surface area contributed by atoms with Crippen molar-refractivity contribution in [1.82, 2.24) is 21.1 Å². The summed E-state index contributed by atoms with van der Waals surface area (Å²) >= 11 is 6.24. The van der Waals surface area contributed by atoms with Crippen LogP contribution in [-0.2, 0) is 30.3 Å². The Labute approximate surface area is 256 Å². The number of quaternary nitrogens is 1. The van der Waals surface area contributed by atoms with Gasteiger partial charge in [-0.2, -0.15) is 5.43 Å². The van der Waals surface area contributed by atoms with E-state index in [-0.39, 0.29) is 24.9 Å². The SMILES string of the molecule is CC1=C(Cl)N=CC(=O)[N+]1(CC(=O)NCCONC(=N)N(C(=O)OC(C)(C)C)C(=O)OC(C)(C)C)NCCc1ccccc1. The molecule has 1 aromatic carbocycles. The lowest BCUT2D eigenvalue weighted by Gasteiger charge is -2.35. The average Bonchev–Trinajstić information content (AvgIpc) is 2.88. The van der Waals surface area contributed by atoms with E-state index in [1.165, 1.54) is 0 Å². The van der Waals surface area contributed by atoms with Gasteiger partial charge in [-0.25, -0.2) is 24.9 Å². The molecule has 1 aromatic rings. The van der Waals surface area contributed by atoms with E-state index in [1.54, 1.807) is 48.5 Å². The summed E-state index contributed by atoms with van der Waals surface area (Å²) in [5, 5.41) is 10.9. The minimum Gasteiger partial charge on any atom is -0.443 e. The number of hydroxylamine groups is 1. The standard InChI is InChI=1S/C28H40ClN7O7/c1-19-23(29)32-17-22(38)36(19,33-14-13-20-11-9-8-10-12-20)18-21(37)31-15-16-41-34-24(30)35(25(39)42-27(2,3)4)26(40)43-28(5,6)7/h8-12,17,33H,13-16,18H2,1-7H3,(H2-,30,31,34,37)/p+1. The van der Waals surface area contributed by atoms with E-state index in [0.29, 0.717) is 23.6 Å². The number of benzene rings is 1. The summed E-state index contributed by atoms with van der Waals surface area (Å²) in [5.74, 6) is -1.71. The molecule has 2 rings (SSSR count). The van der Waals surface area contributed by atoms with Gasteiger partial charge in [0.1, 0.15) is 17.4 Å². The monoisotopic (exact) mass is 622 g/mol. The van der Waals surface area contributed by atoms with Crippen LogP contribution in [0.3, 0.4) is 0 Å². The average molecular weight is 623 g/mol. The van der Waals surface area contributed by atoms with Gasteiger partial charge in [0.25, 0.3) is 5.91 Å². The van der Waals surface area contributed by atoms with Crippen molar-refractivity contribution in [3.05, 3.63) is 46.7 Å². The first-order chi connectivity index (χ1) is 19.9. The fraction of sp³-hybridized carbons (Fsp3) is 0.500. The Balaban J connectivity index is 1.97. The number of hydrogen-bond donors (Lipinski definition) is 4. The predicted molar refractivity (Wildman–Crippen MR) is 159 cm³/mol. The second-order valence-electron chi connectivity index (χ2n) is 11.5. The number of halogens is 1. The first kappa shape index (κ1) is 35.3. The maximum atomic E-state index is 13.0. The third kappa shape index (κ3) is 11.1. The molecule has 0 aromatic heterocycles. The summed E-state index contributed by atoms with van der Waals surface area (Å²) in [6, 6.07) is 9.66. The maximum absolute atomic E-state index is 13.0. The minimum absolute atomic E-state index is 0.0409. The summed E-state index contributed by atoms with van der Waals surface area (Å²) in [6.07, 6.45) is -0.589. The van der Waals surface area contributed by atoms with E-state index in [2.05, 4.69) is 21.2 Å². The largest absolute Gasteiger partial charge is 0.443 e. The van der Waals surface area contributed by atoms with Crippen LogP contribution in [0, 0.1) is 5.41 Å². The molecular weight excluding hydrogens is 582 g/mol. The number of guanidine groups is 1. The molecule has 0 bridgehead atoms. The smallest absolute Gasteiger partial charge is 0.427 e. The second-order valence-corrected chi connectivity index (χ2v) is 11.9. The zero-order chi connectivity index (χ0) is 32.4. The number of carbonyl (C=O) groups is 4. The molecule has 0 saturated carbocycles. The number of hydrogen-bond acceptors (Lipinski definition) is 10. The molecule has 0 aliphatic carbocycles. The lowest BCUT2D eigenvalue weighted by molar-refractivity contribution is -0.851. The highest BCUT2D eigenvalue weighted by Gasteiger charge is 2.44. The molecule has 236 valence electrons. The second kappa shape index (κ2) is 15.0. The van der Waals surface area contributed by atoms with Gasteiger partial charge >= 0.3 is 18.1 Å². The van der Waals surface area contributed by atoms with E-state index in [4.69, 9.17) is 31.3 Å². The van der Waals surface area contributed by atoms with Crippen molar-refractivity contribution in [3.8, 4) is 0 Å². The molecule has 0 radical (unpaired) electrons. The summed E-state index contributed by atoms with van der Waals surface area (Å²) < 4.78 is 9.88. The molecule has 43 heavy (non-hydrogen) atoms. The Morgan fingerprint density at radius 3 is 2.14 bits per heavy atom. The zero-order valence-corrected chi connectivity index (χ0v) is 26.3. The molecule has 4 N–H and O–H groups in total. The summed E-state index contributed by atoms with van der Waals surface area (Å²) in [4.78, 5) is 60.6. The van der Waals surface area contributed by atoms with Crippen LogP contribution in [0.25, 0.3) is 0 Å². The number of nitrogens with one attached hydrogen (secondary N) is 4. The van der Waals surface area contributed by atoms with Crippen molar-refractivity contribution in [1.29, 1.82) is 5.41 Å². The van der Waals surface area contributed by atoms with Crippen molar-refractivity contribution in [3.63, 3.8) is 0 Å². The molecule has 1 atom stereocenters. The van der Waals surface area contributed by atoms with Crippen molar-refractivity contribution in [2.75, 3.05) is 26.2 Å². The Morgan fingerprint density at radius 2 is 1.58 bits per heavy atom. The van der Waals surface area contributed by atoms with Crippen LogP contribution >= 0.6 is 11.6 Å². The van der Waals surface area contributed by atoms with Crippen LogP contribution in [0.5, 0.6) is 0 Å². The number of aliphatic imine (C=N–C) groups is 1. The lowest BCUT2D eigenvalue weighted by atomic mass is 10.1. The number of imide groups is 1. The minimum atomic E-state index is -1.14. The number of allylic oxidation sites excluding steroid dienone is 1. The molecule has 1 aliphatic rings. The van der Waals surface area contributed by atoms with Gasteiger partial charge in [0.2, 0.25) is 5.96 Å². The van der Waals surface area contributed by atoms with Crippen molar-refractivity contribution in [2.45, 2.75) is 66.1 Å².